The molecule has 5 rings (SSSR count). The number of anilines is 1. The molecule has 3 atom stereocenters. The van der Waals surface area contributed by atoms with E-state index in [2.05, 4.69) is 0 Å². The van der Waals surface area contributed by atoms with Gasteiger partial charge in [-0.3, -0.25) is 29.4 Å². The summed E-state index contributed by atoms with van der Waals surface area (Å²) in [6, 6.07) is 3.20. The van der Waals surface area contributed by atoms with Crippen molar-refractivity contribution >= 4 is 35.1 Å². The van der Waals surface area contributed by atoms with Crippen molar-refractivity contribution in [3.05, 3.63) is 57.3 Å². The van der Waals surface area contributed by atoms with Gasteiger partial charge >= 0.3 is 18.1 Å². The molecule has 1 aromatic carbocycles. The van der Waals surface area contributed by atoms with E-state index in [-0.39, 0.29) is 48.5 Å². The number of nitro benzene ring substituents is 1. The highest BCUT2D eigenvalue weighted by molar-refractivity contribution is 6.09. The molecule has 3 saturated heterocycles. The van der Waals surface area contributed by atoms with E-state index in [9.17, 15) is 47.6 Å². The Morgan fingerprint density at radius 1 is 1.22 bits per heavy atom. The third-order valence-electron chi connectivity index (χ3n) is 6.92. The van der Waals surface area contributed by atoms with Crippen molar-refractivity contribution in [1.29, 1.82) is 0 Å². The van der Waals surface area contributed by atoms with E-state index < -0.39 is 58.5 Å². The molecule has 1 aromatic rings. The highest BCUT2D eigenvalue weighted by Gasteiger charge is 2.66. The number of nitro groups is 1. The molecule has 0 bridgehead atoms. The zero-order valence-corrected chi connectivity index (χ0v) is 18.3. The minimum atomic E-state index is -5.17. The SMILES string of the molecule is O=C(O)C1=C(/C=C2\CCN(c3cccc([N+](=O)[O-])c3)C2=O)CC2CN(C(=O)C(F)(F)F)C3C(=O)N1[C@H]23. The van der Waals surface area contributed by atoms with E-state index in [0.29, 0.717) is 4.90 Å². The third kappa shape index (κ3) is 3.43. The predicted octanol–water partition coefficient (Wildman–Crippen LogP) is 1.60. The lowest BCUT2D eigenvalue weighted by Crippen LogP contribution is -2.70. The van der Waals surface area contributed by atoms with E-state index in [1.165, 1.54) is 35.2 Å². The molecule has 0 saturated carbocycles. The van der Waals surface area contributed by atoms with E-state index in [1.54, 1.807) is 0 Å². The monoisotopic (exact) mass is 506 g/mol. The summed E-state index contributed by atoms with van der Waals surface area (Å²) in [7, 11) is 0. The molecular formula is C22H17F3N4O7. The number of likely N-dealkylation sites (tertiary alicyclic amines) is 1. The van der Waals surface area contributed by atoms with Gasteiger partial charge in [0.2, 0.25) is 0 Å². The zero-order valence-electron chi connectivity index (χ0n) is 18.3. The summed E-state index contributed by atoms with van der Waals surface area (Å²) in [5.41, 5.74) is -0.0583. The van der Waals surface area contributed by atoms with Crippen LogP contribution in [-0.4, -0.2) is 74.9 Å². The number of nitrogens with zero attached hydrogens (tertiary/aromatic N) is 4. The lowest BCUT2D eigenvalue weighted by Gasteiger charge is -2.49. The Hall–Kier alpha value is -4.23. The Kier molecular flexibility index (Phi) is 5.16. The lowest BCUT2D eigenvalue weighted by atomic mass is 9.79. The number of amides is 3. The van der Waals surface area contributed by atoms with E-state index in [4.69, 9.17) is 0 Å². The van der Waals surface area contributed by atoms with Crippen LogP contribution in [0.4, 0.5) is 24.5 Å². The molecule has 11 nitrogen and oxygen atoms in total. The van der Waals surface area contributed by atoms with Crippen LogP contribution in [0.2, 0.25) is 0 Å². The lowest BCUT2D eigenvalue weighted by molar-refractivity contribution is -0.384. The Morgan fingerprint density at radius 3 is 2.58 bits per heavy atom. The van der Waals surface area contributed by atoms with Crippen molar-refractivity contribution in [2.45, 2.75) is 31.1 Å². The van der Waals surface area contributed by atoms with E-state index in [0.717, 1.165) is 4.90 Å². The highest BCUT2D eigenvalue weighted by Crippen LogP contribution is 2.48. The molecule has 36 heavy (non-hydrogen) atoms. The van der Waals surface area contributed by atoms with Gasteiger partial charge in [-0.1, -0.05) is 6.07 Å². The fraction of sp³-hybridized carbons (Fsp3) is 0.364. The largest absolute Gasteiger partial charge is 0.477 e. The average Bonchev–Trinajstić information content (AvgIpc) is 3.35. The van der Waals surface area contributed by atoms with Crippen molar-refractivity contribution in [2.24, 2.45) is 5.92 Å². The molecule has 4 aliphatic heterocycles. The molecule has 2 unspecified atom stereocenters. The number of carbonyl (C=O) groups excluding carboxylic acids is 3. The fourth-order valence-corrected chi connectivity index (χ4v) is 5.45. The summed E-state index contributed by atoms with van der Waals surface area (Å²) in [4.78, 5) is 62.7. The molecule has 14 heteroatoms. The summed E-state index contributed by atoms with van der Waals surface area (Å²) in [6.45, 7) is -0.199. The summed E-state index contributed by atoms with van der Waals surface area (Å²) in [6.07, 6.45) is -3.70. The van der Waals surface area contributed by atoms with Crippen LogP contribution in [0.3, 0.4) is 0 Å². The molecule has 4 heterocycles. The number of β-lactam (4-membered cyclic amide) rings is 1. The number of hydrogen-bond donors (Lipinski definition) is 1. The third-order valence-corrected chi connectivity index (χ3v) is 6.92. The fourth-order valence-electron chi connectivity index (χ4n) is 5.45. The molecule has 0 spiro atoms. The maximum Gasteiger partial charge on any atom is 0.471 e. The minimum Gasteiger partial charge on any atom is -0.477 e. The predicted molar refractivity (Wildman–Crippen MR) is 113 cm³/mol. The maximum atomic E-state index is 13.0. The molecule has 1 N–H and O–H groups in total. The topological polar surface area (TPSA) is 141 Å². The van der Waals surface area contributed by atoms with Crippen LogP contribution in [0.15, 0.2) is 47.2 Å². The maximum absolute atomic E-state index is 13.0. The van der Waals surface area contributed by atoms with Gasteiger partial charge in [-0.05, 0) is 30.6 Å². The van der Waals surface area contributed by atoms with Gasteiger partial charge in [0.05, 0.1) is 16.7 Å². The summed E-state index contributed by atoms with van der Waals surface area (Å²) in [5.74, 6) is -5.68. The standard InChI is InChI=1S/C22H17F3N4O7/c23-22(24,25)21(34)27-9-12-7-11(16(20(32)33)28-15(12)17(27)19(28)31)6-10-4-5-26(18(10)30)13-2-1-3-14(8-13)29(35)36/h1-3,6,8,12,15,17H,4-5,7,9H2,(H,32,33)/b10-6+/t12?,15-,17?/m1/s1. The smallest absolute Gasteiger partial charge is 0.471 e. The number of allylic oxidation sites excluding steroid dienone is 2. The number of carbonyl (C=O) groups is 4. The quantitative estimate of drug-likeness (QED) is 0.283. The second-order valence-corrected chi connectivity index (χ2v) is 8.90. The minimum absolute atomic E-state index is 0.0399. The highest BCUT2D eigenvalue weighted by atomic mass is 19.4. The number of rotatable bonds is 4. The number of benzene rings is 1. The van der Waals surface area contributed by atoms with Crippen molar-refractivity contribution in [1.82, 2.24) is 9.80 Å². The summed E-state index contributed by atoms with van der Waals surface area (Å²) in [5, 5.41) is 20.9. The first-order chi connectivity index (χ1) is 16.9. The molecule has 0 aromatic heterocycles. The molecular weight excluding hydrogens is 489 g/mol. The first kappa shape index (κ1) is 23.5. The van der Waals surface area contributed by atoms with Gasteiger partial charge in [0, 0.05) is 36.7 Å². The van der Waals surface area contributed by atoms with Gasteiger partial charge in [-0.2, -0.15) is 13.2 Å². The van der Waals surface area contributed by atoms with Crippen LogP contribution in [-0.2, 0) is 19.2 Å². The number of aliphatic carboxylic acids is 1. The number of halogens is 3. The van der Waals surface area contributed by atoms with Crippen molar-refractivity contribution in [3.8, 4) is 0 Å². The van der Waals surface area contributed by atoms with Crippen LogP contribution < -0.4 is 4.90 Å². The van der Waals surface area contributed by atoms with Crippen LogP contribution >= 0.6 is 0 Å². The number of carboxylic acid groups (broad SMARTS) is 1. The Balaban J connectivity index is 1.45. The first-order valence-corrected chi connectivity index (χ1v) is 10.8. The van der Waals surface area contributed by atoms with Gasteiger partial charge in [0.15, 0.2) is 0 Å². The zero-order chi connectivity index (χ0) is 26.1. The first-order valence-electron chi connectivity index (χ1n) is 10.8. The van der Waals surface area contributed by atoms with Gasteiger partial charge < -0.3 is 14.9 Å². The molecule has 4 aliphatic rings. The van der Waals surface area contributed by atoms with Gasteiger partial charge in [-0.15, -0.1) is 0 Å². The van der Waals surface area contributed by atoms with Crippen molar-refractivity contribution in [3.63, 3.8) is 0 Å². The number of hydrogen-bond acceptors (Lipinski definition) is 6. The second kappa shape index (κ2) is 7.90. The Bertz CT molecular complexity index is 1300. The second-order valence-electron chi connectivity index (χ2n) is 8.90. The summed E-state index contributed by atoms with van der Waals surface area (Å²) >= 11 is 0. The Morgan fingerprint density at radius 2 is 1.94 bits per heavy atom. The number of non-ortho nitro benzene ring substituents is 1. The van der Waals surface area contributed by atoms with Crippen LogP contribution in [0.25, 0.3) is 0 Å². The number of carboxylic acids is 1. The number of alkyl halides is 3. The molecule has 0 aliphatic carbocycles. The van der Waals surface area contributed by atoms with Crippen LogP contribution in [0, 0.1) is 16.0 Å². The van der Waals surface area contributed by atoms with Crippen LogP contribution in [0.1, 0.15) is 12.8 Å². The molecule has 3 amide bonds. The normalized spacial score (nSPS) is 26.5. The molecule has 3 fully saturated rings. The van der Waals surface area contributed by atoms with Crippen molar-refractivity contribution in [2.75, 3.05) is 18.0 Å². The Labute approximate surface area is 200 Å². The van der Waals surface area contributed by atoms with E-state index >= 15 is 0 Å². The van der Waals surface area contributed by atoms with Crippen molar-refractivity contribution < 1.29 is 42.4 Å². The molecule has 188 valence electrons. The summed E-state index contributed by atoms with van der Waals surface area (Å²) < 4.78 is 39.1. The van der Waals surface area contributed by atoms with Crippen LogP contribution in [0.5, 0.6) is 0 Å². The van der Waals surface area contributed by atoms with E-state index in [1.807, 2.05) is 0 Å². The molecule has 0 radical (unpaired) electrons. The average molecular weight is 506 g/mol. The van der Waals surface area contributed by atoms with Gasteiger partial charge in [-0.25, -0.2) is 4.79 Å². The van der Waals surface area contributed by atoms with Gasteiger partial charge in [0.1, 0.15) is 11.7 Å². The van der Waals surface area contributed by atoms with Gasteiger partial charge in [0.25, 0.3) is 17.5 Å².